The number of aliphatic hydroxyl groups is 1. The molecule has 2 bridgehead atoms. The number of β-amino-alcohol motifs (C(OH)–C–C–N with tert-alkyl or cyclic N) is 1. The SMILES string of the molecule is C=CCN(C)C(=O)[C@@H]1[C@@H]2CCC3(S2)C(C(=O)N(CC=C)C(C)C)N(CCO)C(=O)[C@H]13. The van der Waals surface area contributed by atoms with E-state index in [0.29, 0.717) is 13.1 Å². The fraction of sp³-hybridized carbons (Fsp3) is 0.682. The maximum absolute atomic E-state index is 13.7. The second kappa shape index (κ2) is 8.75. The minimum atomic E-state index is -0.665. The lowest BCUT2D eigenvalue weighted by Crippen LogP contribution is -2.56. The number of hydrogen-bond donors (Lipinski definition) is 1. The van der Waals surface area contributed by atoms with Crippen molar-refractivity contribution in [3.63, 3.8) is 0 Å². The summed E-state index contributed by atoms with van der Waals surface area (Å²) in [6.45, 7) is 12.1. The van der Waals surface area contributed by atoms with Gasteiger partial charge in [0.15, 0.2) is 0 Å². The van der Waals surface area contributed by atoms with Gasteiger partial charge < -0.3 is 19.8 Å². The molecule has 3 aliphatic rings. The average Bonchev–Trinajstić information content (AvgIpc) is 3.33. The monoisotopic (exact) mass is 435 g/mol. The maximum Gasteiger partial charge on any atom is 0.247 e. The van der Waals surface area contributed by atoms with Crippen LogP contribution in [0.3, 0.4) is 0 Å². The molecule has 3 rings (SSSR count). The Morgan fingerprint density at radius 1 is 1.30 bits per heavy atom. The third kappa shape index (κ3) is 3.38. The molecular weight excluding hydrogens is 402 g/mol. The van der Waals surface area contributed by atoms with Gasteiger partial charge in [0.25, 0.3) is 0 Å². The zero-order valence-electron chi connectivity index (χ0n) is 18.1. The molecule has 0 aromatic rings. The highest BCUT2D eigenvalue weighted by Gasteiger charge is 2.73. The molecule has 8 heteroatoms. The number of likely N-dealkylation sites (tertiary alicyclic amines) is 1. The number of amides is 3. The first-order chi connectivity index (χ1) is 14.2. The molecule has 0 saturated carbocycles. The molecule has 3 saturated heterocycles. The number of rotatable bonds is 9. The number of thioether (sulfide) groups is 1. The van der Waals surface area contributed by atoms with Gasteiger partial charge in [-0.3, -0.25) is 14.4 Å². The summed E-state index contributed by atoms with van der Waals surface area (Å²) in [5.74, 6) is -1.32. The van der Waals surface area contributed by atoms with E-state index in [0.717, 1.165) is 12.8 Å². The molecule has 0 radical (unpaired) electrons. The molecule has 0 aromatic carbocycles. The van der Waals surface area contributed by atoms with Crippen LogP contribution in [0.1, 0.15) is 26.7 Å². The lowest BCUT2D eigenvalue weighted by molar-refractivity contribution is -0.145. The van der Waals surface area contributed by atoms with Gasteiger partial charge in [-0.05, 0) is 26.7 Å². The van der Waals surface area contributed by atoms with Crippen molar-refractivity contribution in [1.29, 1.82) is 0 Å². The van der Waals surface area contributed by atoms with Gasteiger partial charge in [0.05, 0.1) is 23.2 Å². The van der Waals surface area contributed by atoms with Gasteiger partial charge in [-0.2, -0.15) is 0 Å². The topological polar surface area (TPSA) is 81.2 Å². The summed E-state index contributed by atoms with van der Waals surface area (Å²) >= 11 is 1.65. The Morgan fingerprint density at radius 3 is 2.53 bits per heavy atom. The van der Waals surface area contributed by atoms with E-state index in [1.807, 2.05) is 13.8 Å². The van der Waals surface area contributed by atoms with E-state index >= 15 is 0 Å². The number of aliphatic hydroxyl groups excluding tert-OH is 1. The Bertz CT molecular complexity index is 742. The summed E-state index contributed by atoms with van der Waals surface area (Å²) in [5, 5.41) is 9.67. The molecule has 5 atom stereocenters. The Balaban J connectivity index is 2.02. The number of carbonyl (C=O) groups is 3. The van der Waals surface area contributed by atoms with Gasteiger partial charge in [0, 0.05) is 38.0 Å². The highest BCUT2D eigenvalue weighted by molar-refractivity contribution is 8.02. The molecule has 7 nitrogen and oxygen atoms in total. The third-order valence-corrected chi connectivity index (χ3v) is 8.62. The van der Waals surface area contributed by atoms with Gasteiger partial charge in [0.2, 0.25) is 17.7 Å². The van der Waals surface area contributed by atoms with Crippen molar-refractivity contribution >= 4 is 29.5 Å². The lowest BCUT2D eigenvalue weighted by atomic mass is 9.70. The summed E-state index contributed by atoms with van der Waals surface area (Å²) in [7, 11) is 1.73. The molecular formula is C22H33N3O4S. The summed E-state index contributed by atoms with van der Waals surface area (Å²) in [6, 6.07) is -0.709. The number of hydrogen-bond acceptors (Lipinski definition) is 5. The smallest absolute Gasteiger partial charge is 0.247 e. The highest BCUT2D eigenvalue weighted by atomic mass is 32.2. The predicted molar refractivity (Wildman–Crippen MR) is 118 cm³/mol. The van der Waals surface area contributed by atoms with Crippen LogP contribution in [-0.4, -0.2) is 92.9 Å². The fourth-order valence-corrected chi connectivity index (χ4v) is 7.66. The Labute approximate surface area is 183 Å². The number of nitrogens with zero attached hydrogens (tertiary/aromatic N) is 3. The molecule has 3 amide bonds. The summed E-state index contributed by atoms with van der Waals surface area (Å²) < 4.78 is -0.613. The quantitative estimate of drug-likeness (QED) is 0.550. The van der Waals surface area contributed by atoms with Gasteiger partial charge >= 0.3 is 0 Å². The van der Waals surface area contributed by atoms with Crippen LogP contribution >= 0.6 is 11.8 Å². The van der Waals surface area contributed by atoms with E-state index < -0.39 is 22.6 Å². The molecule has 2 unspecified atom stereocenters. The second-order valence-corrected chi connectivity index (χ2v) is 10.3. The van der Waals surface area contributed by atoms with Crippen LogP contribution in [0, 0.1) is 11.8 Å². The molecule has 30 heavy (non-hydrogen) atoms. The van der Waals surface area contributed by atoms with Crippen LogP contribution in [0.4, 0.5) is 0 Å². The molecule has 1 N–H and O–H groups in total. The Kier molecular flexibility index (Phi) is 6.67. The first-order valence-corrected chi connectivity index (χ1v) is 11.5. The first-order valence-electron chi connectivity index (χ1n) is 10.6. The first kappa shape index (κ1) is 22.9. The number of likely N-dealkylation sites (N-methyl/N-ethyl adjacent to an activating group) is 1. The van der Waals surface area contributed by atoms with Crippen LogP contribution in [0.15, 0.2) is 25.3 Å². The van der Waals surface area contributed by atoms with Crippen LogP contribution < -0.4 is 0 Å². The van der Waals surface area contributed by atoms with Gasteiger partial charge in [0.1, 0.15) is 6.04 Å². The largest absolute Gasteiger partial charge is 0.395 e. The summed E-state index contributed by atoms with van der Waals surface area (Å²) in [4.78, 5) is 45.4. The summed E-state index contributed by atoms with van der Waals surface area (Å²) in [6.07, 6.45) is 4.90. The van der Waals surface area contributed by atoms with Crippen molar-refractivity contribution in [1.82, 2.24) is 14.7 Å². The van der Waals surface area contributed by atoms with E-state index in [4.69, 9.17) is 0 Å². The van der Waals surface area contributed by atoms with Crippen LogP contribution in [0.25, 0.3) is 0 Å². The number of fused-ring (bicyclic) bond motifs is 1. The summed E-state index contributed by atoms with van der Waals surface area (Å²) in [5.41, 5.74) is 0. The van der Waals surface area contributed by atoms with Crippen LogP contribution in [0.5, 0.6) is 0 Å². The zero-order valence-corrected chi connectivity index (χ0v) is 18.9. The molecule has 3 fully saturated rings. The van der Waals surface area contributed by atoms with Crippen LogP contribution in [-0.2, 0) is 14.4 Å². The molecule has 166 valence electrons. The normalized spacial score (nSPS) is 31.8. The maximum atomic E-state index is 13.7. The van der Waals surface area contributed by atoms with Crippen molar-refractivity contribution in [2.24, 2.45) is 11.8 Å². The lowest BCUT2D eigenvalue weighted by Gasteiger charge is -2.38. The Hall–Kier alpha value is -1.80. The third-order valence-electron chi connectivity index (χ3n) is 6.67. The van der Waals surface area contributed by atoms with E-state index in [2.05, 4.69) is 13.2 Å². The van der Waals surface area contributed by atoms with Crippen molar-refractivity contribution in [2.45, 2.75) is 48.8 Å². The molecule has 0 aliphatic carbocycles. The highest BCUT2D eigenvalue weighted by Crippen LogP contribution is 2.66. The van der Waals surface area contributed by atoms with Crippen molar-refractivity contribution < 1.29 is 19.5 Å². The van der Waals surface area contributed by atoms with E-state index in [1.54, 1.807) is 40.8 Å². The zero-order chi connectivity index (χ0) is 22.2. The Morgan fingerprint density at radius 2 is 1.97 bits per heavy atom. The van der Waals surface area contributed by atoms with Crippen molar-refractivity contribution in [2.75, 3.05) is 33.3 Å². The molecule has 3 aliphatic heterocycles. The molecule has 3 heterocycles. The van der Waals surface area contributed by atoms with E-state index in [1.165, 1.54) is 4.90 Å². The minimum absolute atomic E-state index is 0.0391. The second-order valence-electron chi connectivity index (χ2n) is 8.69. The molecule has 0 aromatic heterocycles. The van der Waals surface area contributed by atoms with Gasteiger partial charge in [-0.15, -0.1) is 24.9 Å². The predicted octanol–water partition coefficient (Wildman–Crippen LogP) is 1.14. The standard InChI is InChI=1S/C22H33N3O4S/c1-6-10-23(5)19(27)16-15-8-9-22(30-15)17(16)20(28)25(12-13-26)18(22)21(29)24(11-7-2)14(3)4/h6-7,14-18,26H,1-2,8-13H2,3-5H3/t15-,16+,17-,18?,22?/m0/s1. The van der Waals surface area contributed by atoms with Gasteiger partial charge in [-0.1, -0.05) is 12.2 Å². The van der Waals surface area contributed by atoms with Crippen LogP contribution in [0.2, 0.25) is 0 Å². The average molecular weight is 436 g/mol. The van der Waals surface area contributed by atoms with Gasteiger partial charge in [-0.25, -0.2) is 0 Å². The number of carbonyl (C=O) groups excluding carboxylic acids is 3. The fourth-order valence-electron chi connectivity index (χ4n) is 5.45. The van der Waals surface area contributed by atoms with E-state index in [9.17, 15) is 19.5 Å². The molecule has 1 spiro atoms. The van der Waals surface area contributed by atoms with E-state index in [-0.39, 0.29) is 42.2 Å². The van der Waals surface area contributed by atoms with Crippen molar-refractivity contribution in [3.05, 3.63) is 25.3 Å². The van der Waals surface area contributed by atoms with Crippen molar-refractivity contribution in [3.8, 4) is 0 Å². The minimum Gasteiger partial charge on any atom is -0.395 e.